The van der Waals surface area contributed by atoms with Gasteiger partial charge in [-0.15, -0.1) is 0 Å². The van der Waals surface area contributed by atoms with Gasteiger partial charge in [0.1, 0.15) is 6.04 Å². The molecule has 1 saturated heterocycles. The number of anilines is 1. The highest BCUT2D eigenvalue weighted by atomic mass is 32.2. The number of rotatable bonds is 6. The van der Waals surface area contributed by atoms with Gasteiger partial charge in [-0.05, 0) is 37.8 Å². The van der Waals surface area contributed by atoms with Crippen molar-refractivity contribution in [2.45, 2.75) is 32.7 Å². The van der Waals surface area contributed by atoms with Crippen LogP contribution in [0.1, 0.15) is 26.0 Å². The summed E-state index contributed by atoms with van der Waals surface area (Å²) in [5.41, 5.74) is 2.76. The number of sulfone groups is 1. The molecule has 2 N–H and O–H groups in total. The number of aryl methyl sites for hydroxylation is 1. The second-order valence-corrected chi connectivity index (χ2v) is 9.14. The number of nitrogens with zero attached hydrogens (tertiary/aromatic N) is 1. The Hall–Kier alpha value is -2.15. The number of hydrogen-bond acceptors (Lipinski definition) is 5. The third-order valence-corrected chi connectivity index (χ3v) is 6.63. The maximum Gasteiger partial charge on any atom is 0.242 e. The molecule has 1 aromatic heterocycles. The van der Waals surface area contributed by atoms with E-state index in [1.165, 1.54) is 0 Å². The molecule has 140 valence electrons. The van der Waals surface area contributed by atoms with Gasteiger partial charge in [-0.2, -0.15) is 0 Å². The minimum atomic E-state index is -2.92. The molecule has 0 aliphatic carbocycles. The van der Waals surface area contributed by atoms with E-state index in [4.69, 9.17) is 0 Å². The topological polar surface area (TPSA) is 88.2 Å². The quantitative estimate of drug-likeness (QED) is 0.808. The maximum atomic E-state index is 12.4. The van der Waals surface area contributed by atoms with Crippen molar-refractivity contribution >= 4 is 32.3 Å². The monoisotopic (exact) mass is 375 g/mol. The van der Waals surface area contributed by atoms with Crippen LogP contribution in [0.15, 0.2) is 30.3 Å². The van der Waals surface area contributed by atoms with Gasteiger partial charge in [-0.1, -0.05) is 25.1 Å². The van der Waals surface area contributed by atoms with Gasteiger partial charge in [0.05, 0.1) is 17.0 Å². The van der Waals surface area contributed by atoms with Gasteiger partial charge in [-0.25, -0.2) is 8.42 Å². The van der Waals surface area contributed by atoms with E-state index in [9.17, 15) is 13.2 Å². The number of fused-ring (bicyclic) bond motifs is 1. The lowest BCUT2D eigenvalue weighted by Gasteiger charge is -2.18. The Morgan fingerprint density at radius 1 is 1.35 bits per heavy atom. The Labute approximate surface area is 154 Å². The Kier molecular flexibility index (Phi) is 5.46. The molecule has 1 fully saturated rings. The van der Waals surface area contributed by atoms with E-state index >= 15 is 0 Å². The predicted octanol–water partition coefficient (Wildman–Crippen LogP) is 2.15. The summed E-state index contributed by atoms with van der Waals surface area (Å²) in [4.78, 5) is 17.0. The first-order valence-electron chi connectivity index (χ1n) is 9.01. The van der Waals surface area contributed by atoms with Crippen molar-refractivity contribution in [3.05, 3.63) is 36.0 Å². The number of carbonyl (C=O) groups excluding carboxylic acids is 1. The number of nitrogens with one attached hydrogen (secondary N) is 2. The Morgan fingerprint density at radius 3 is 2.81 bits per heavy atom. The second-order valence-electron chi connectivity index (χ2n) is 6.91. The van der Waals surface area contributed by atoms with Crippen molar-refractivity contribution in [3.8, 4) is 0 Å². The highest BCUT2D eigenvalue weighted by molar-refractivity contribution is 7.91. The standard InChI is InChI=1S/C19H25N3O3S/c1-3-15-10-18(16-6-4-5-7-17(16)22-15)21-13(2)19(23)20-11-14-8-9-26(24,25)12-14/h4-7,10,13-14H,3,8-9,11-12H2,1-2H3,(H,20,23)(H,21,22). The SMILES string of the molecule is CCc1cc(NC(C)C(=O)NCC2CCS(=O)(=O)C2)c2ccccc2n1. The molecule has 6 nitrogen and oxygen atoms in total. The molecule has 0 bridgehead atoms. The number of carbonyl (C=O) groups is 1. The summed E-state index contributed by atoms with van der Waals surface area (Å²) >= 11 is 0. The molecule has 1 aromatic carbocycles. The highest BCUT2D eigenvalue weighted by Crippen LogP contribution is 2.24. The smallest absolute Gasteiger partial charge is 0.242 e. The van der Waals surface area contributed by atoms with Crippen molar-refractivity contribution in [2.24, 2.45) is 5.92 Å². The Morgan fingerprint density at radius 2 is 2.12 bits per heavy atom. The number of pyridine rings is 1. The van der Waals surface area contributed by atoms with Crippen molar-refractivity contribution in [1.82, 2.24) is 10.3 Å². The van der Waals surface area contributed by atoms with Gasteiger partial charge in [0.25, 0.3) is 0 Å². The van der Waals surface area contributed by atoms with Gasteiger partial charge in [0, 0.05) is 23.3 Å². The summed E-state index contributed by atoms with van der Waals surface area (Å²) in [5.74, 6) is 0.284. The number of para-hydroxylation sites is 1. The fourth-order valence-corrected chi connectivity index (χ4v) is 5.12. The number of benzene rings is 1. The molecule has 2 atom stereocenters. The molecule has 1 aliphatic rings. The van der Waals surface area contributed by atoms with E-state index in [0.29, 0.717) is 13.0 Å². The summed E-state index contributed by atoms with van der Waals surface area (Å²) in [7, 11) is -2.92. The van der Waals surface area contributed by atoms with Gasteiger partial charge in [-0.3, -0.25) is 9.78 Å². The average molecular weight is 375 g/mol. The zero-order chi connectivity index (χ0) is 18.7. The lowest BCUT2D eigenvalue weighted by atomic mass is 10.1. The van der Waals surface area contributed by atoms with Crippen molar-refractivity contribution in [2.75, 3.05) is 23.4 Å². The molecule has 3 rings (SSSR count). The average Bonchev–Trinajstić information content (AvgIpc) is 2.98. The van der Waals surface area contributed by atoms with Gasteiger partial charge < -0.3 is 10.6 Å². The molecular formula is C19H25N3O3S. The number of amides is 1. The van der Waals surface area contributed by atoms with Crippen LogP contribution in [-0.4, -0.2) is 43.4 Å². The lowest BCUT2D eigenvalue weighted by molar-refractivity contribution is -0.121. The molecule has 0 saturated carbocycles. The normalized spacial score (nSPS) is 20.0. The van der Waals surface area contributed by atoms with E-state index < -0.39 is 15.9 Å². The van der Waals surface area contributed by atoms with Crippen LogP contribution in [0, 0.1) is 5.92 Å². The van der Waals surface area contributed by atoms with Crippen molar-refractivity contribution in [1.29, 1.82) is 0 Å². The molecule has 1 amide bonds. The maximum absolute atomic E-state index is 12.4. The van der Waals surface area contributed by atoms with Gasteiger partial charge in [0.15, 0.2) is 9.84 Å². The minimum absolute atomic E-state index is 0.0181. The van der Waals surface area contributed by atoms with Crippen molar-refractivity contribution < 1.29 is 13.2 Å². The van der Waals surface area contributed by atoms with Crippen LogP contribution in [-0.2, 0) is 21.1 Å². The Balaban J connectivity index is 1.66. The molecule has 2 aromatic rings. The van der Waals surface area contributed by atoms with E-state index in [0.717, 1.165) is 28.7 Å². The minimum Gasteiger partial charge on any atom is -0.373 e. The zero-order valence-electron chi connectivity index (χ0n) is 15.2. The molecule has 0 spiro atoms. The molecule has 0 radical (unpaired) electrons. The van der Waals surface area contributed by atoms with Gasteiger partial charge in [0.2, 0.25) is 5.91 Å². The summed E-state index contributed by atoms with van der Waals surface area (Å²) in [6.07, 6.45) is 1.44. The first kappa shape index (κ1) is 18.6. The number of hydrogen-bond donors (Lipinski definition) is 2. The molecule has 26 heavy (non-hydrogen) atoms. The van der Waals surface area contributed by atoms with E-state index in [-0.39, 0.29) is 23.3 Å². The third-order valence-electron chi connectivity index (χ3n) is 4.79. The predicted molar refractivity (Wildman–Crippen MR) is 104 cm³/mol. The molecule has 1 aliphatic heterocycles. The lowest BCUT2D eigenvalue weighted by Crippen LogP contribution is -2.40. The molecular weight excluding hydrogens is 350 g/mol. The fraction of sp³-hybridized carbons (Fsp3) is 0.474. The Bertz CT molecular complexity index is 911. The van der Waals surface area contributed by atoms with Crippen LogP contribution in [0.2, 0.25) is 0 Å². The van der Waals surface area contributed by atoms with Crippen LogP contribution >= 0.6 is 0 Å². The molecule has 2 heterocycles. The third kappa shape index (κ3) is 4.33. The van der Waals surface area contributed by atoms with Crippen LogP contribution < -0.4 is 10.6 Å². The molecule has 7 heteroatoms. The van der Waals surface area contributed by atoms with E-state index in [2.05, 4.69) is 15.6 Å². The highest BCUT2D eigenvalue weighted by Gasteiger charge is 2.28. The largest absolute Gasteiger partial charge is 0.373 e. The van der Waals surface area contributed by atoms with E-state index in [1.807, 2.05) is 44.2 Å². The van der Waals surface area contributed by atoms with Crippen LogP contribution in [0.3, 0.4) is 0 Å². The van der Waals surface area contributed by atoms with Crippen LogP contribution in [0.4, 0.5) is 5.69 Å². The summed E-state index contributed by atoms with van der Waals surface area (Å²) in [6.45, 7) is 4.26. The molecule has 2 unspecified atom stereocenters. The van der Waals surface area contributed by atoms with Crippen LogP contribution in [0.25, 0.3) is 10.9 Å². The number of aromatic nitrogens is 1. The first-order valence-corrected chi connectivity index (χ1v) is 10.8. The first-order chi connectivity index (χ1) is 12.4. The summed E-state index contributed by atoms with van der Waals surface area (Å²) in [5, 5.41) is 7.14. The van der Waals surface area contributed by atoms with Crippen LogP contribution in [0.5, 0.6) is 0 Å². The fourth-order valence-electron chi connectivity index (χ4n) is 3.26. The van der Waals surface area contributed by atoms with Crippen molar-refractivity contribution in [3.63, 3.8) is 0 Å². The summed E-state index contributed by atoms with van der Waals surface area (Å²) < 4.78 is 23.0. The van der Waals surface area contributed by atoms with Gasteiger partial charge >= 0.3 is 0 Å². The summed E-state index contributed by atoms with van der Waals surface area (Å²) in [6, 6.07) is 9.40. The van der Waals surface area contributed by atoms with E-state index in [1.54, 1.807) is 0 Å². The second kappa shape index (κ2) is 7.61. The zero-order valence-corrected chi connectivity index (χ0v) is 16.0.